The first-order valence-corrected chi connectivity index (χ1v) is 5.32. The number of benzene rings is 1. The molecule has 1 heterocycles. The molecular weight excluding hydrogens is 247 g/mol. The predicted molar refractivity (Wildman–Crippen MR) is 63.9 cm³/mol. The van der Waals surface area contributed by atoms with E-state index in [1.807, 2.05) is 0 Å². The Balaban J connectivity index is 2.52. The second-order valence-corrected chi connectivity index (χ2v) is 4.02. The fourth-order valence-electron chi connectivity index (χ4n) is 1.20. The molecule has 0 spiro atoms. The monoisotopic (exact) mass is 254 g/mol. The normalized spacial score (nSPS) is 10.4. The van der Waals surface area contributed by atoms with Gasteiger partial charge in [-0.25, -0.2) is 9.97 Å². The second-order valence-electron chi connectivity index (χ2n) is 3.30. The number of nitrogens with zero attached hydrogens (tertiary/aromatic N) is 2. The van der Waals surface area contributed by atoms with Crippen LogP contribution in [0.25, 0.3) is 11.4 Å². The summed E-state index contributed by atoms with van der Waals surface area (Å²) in [6.45, 7) is 1.76. The van der Waals surface area contributed by atoms with E-state index in [0.29, 0.717) is 21.7 Å². The highest BCUT2D eigenvalue weighted by Gasteiger charge is 2.08. The summed E-state index contributed by atoms with van der Waals surface area (Å²) in [6, 6.07) is 6.51. The molecule has 1 N–H and O–H groups in total. The summed E-state index contributed by atoms with van der Waals surface area (Å²) in [7, 11) is 0. The molecule has 0 fully saturated rings. The maximum Gasteiger partial charge on any atom is 0.162 e. The largest absolute Gasteiger partial charge is 0.508 e. The van der Waals surface area contributed by atoms with Gasteiger partial charge in [-0.1, -0.05) is 23.2 Å². The zero-order chi connectivity index (χ0) is 11.7. The number of hydrogen-bond acceptors (Lipinski definition) is 3. The minimum atomic E-state index is 0.188. The van der Waals surface area contributed by atoms with E-state index in [4.69, 9.17) is 28.3 Å². The number of phenols is 1. The summed E-state index contributed by atoms with van der Waals surface area (Å²) < 4.78 is 0. The van der Waals surface area contributed by atoms with Crippen LogP contribution in [-0.2, 0) is 0 Å². The second kappa shape index (κ2) is 4.28. The van der Waals surface area contributed by atoms with Gasteiger partial charge in [-0.15, -0.1) is 0 Å². The Morgan fingerprint density at radius 3 is 2.00 bits per heavy atom. The summed E-state index contributed by atoms with van der Waals surface area (Å²) in [5.74, 6) is 0.633. The molecule has 0 atom stereocenters. The van der Waals surface area contributed by atoms with Gasteiger partial charge in [-0.2, -0.15) is 0 Å². The fourth-order valence-corrected chi connectivity index (χ4v) is 1.59. The van der Waals surface area contributed by atoms with Crippen LogP contribution in [-0.4, -0.2) is 15.1 Å². The number of aromatic nitrogens is 2. The first kappa shape index (κ1) is 11.2. The third-order valence-corrected chi connectivity index (χ3v) is 2.89. The standard InChI is InChI=1S/C11H8Cl2N2O/c1-6-9(12)14-11(15-10(6)13)7-2-4-8(16)5-3-7/h2-5,16H,1H3. The molecule has 1 aromatic heterocycles. The summed E-state index contributed by atoms with van der Waals surface area (Å²) in [6.07, 6.45) is 0. The van der Waals surface area contributed by atoms with Crippen molar-refractivity contribution in [1.82, 2.24) is 9.97 Å². The SMILES string of the molecule is Cc1c(Cl)nc(-c2ccc(O)cc2)nc1Cl. The van der Waals surface area contributed by atoms with E-state index < -0.39 is 0 Å². The van der Waals surface area contributed by atoms with Crippen molar-refractivity contribution in [2.45, 2.75) is 6.92 Å². The number of hydrogen-bond donors (Lipinski definition) is 1. The molecular formula is C11H8Cl2N2O. The maximum absolute atomic E-state index is 9.16. The molecule has 0 amide bonds. The van der Waals surface area contributed by atoms with Crippen LogP contribution < -0.4 is 0 Å². The van der Waals surface area contributed by atoms with Gasteiger partial charge >= 0.3 is 0 Å². The topological polar surface area (TPSA) is 46.0 Å². The number of phenolic OH excluding ortho intramolecular Hbond substituents is 1. The van der Waals surface area contributed by atoms with Gasteiger partial charge < -0.3 is 5.11 Å². The van der Waals surface area contributed by atoms with E-state index in [9.17, 15) is 0 Å². The third kappa shape index (κ3) is 2.10. The van der Waals surface area contributed by atoms with Crippen LogP contribution in [0.1, 0.15) is 5.56 Å². The summed E-state index contributed by atoms with van der Waals surface area (Å²) in [5.41, 5.74) is 1.41. The lowest BCUT2D eigenvalue weighted by molar-refractivity contribution is 0.475. The molecule has 0 aliphatic heterocycles. The molecule has 0 saturated heterocycles. The lowest BCUT2D eigenvalue weighted by Crippen LogP contribution is -1.93. The van der Waals surface area contributed by atoms with Gasteiger partial charge in [-0.3, -0.25) is 0 Å². The Morgan fingerprint density at radius 1 is 1.00 bits per heavy atom. The minimum Gasteiger partial charge on any atom is -0.508 e. The van der Waals surface area contributed by atoms with E-state index in [1.54, 1.807) is 31.2 Å². The molecule has 3 nitrogen and oxygen atoms in total. The van der Waals surface area contributed by atoms with E-state index in [-0.39, 0.29) is 5.75 Å². The highest BCUT2D eigenvalue weighted by Crippen LogP contribution is 2.25. The van der Waals surface area contributed by atoms with Crippen LogP contribution in [0.2, 0.25) is 10.3 Å². The third-order valence-electron chi connectivity index (χ3n) is 2.15. The van der Waals surface area contributed by atoms with Gasteiger partial charge in [0.25, 0.3) is 0 Å². The van der Waals surface area contributed by atoms with E-state index in [2.05, 4.69) is 9.97 Å². The molecule has 2 rings (SSSR count). The van der Waals surface area contributed by atoms with Gasteiger partial charge in [0.05, 0.1) is 0 Å². The van der Waals surface area contributed by atoms with Crippen molar-refractivity contribution in [3.63, 3.8) is 0 Å². The van der Waals surface area contributed by atoms with Crippen LogP contribution in [0.3, 0.4) is 0 Å². The van der Waals surface area contributed by atoms with Gasteiger partial charge in [-0.05, 0) is 31.2 Å². The van der Waals surface area contributed by atoms with Crippen LogP contribution in [0.15, 0.2) is 24.3 Å². The number of aromatic hydroxyl groups is 1. The Labute approximate surface area is 103 Å². The van der Waals surface area contributed by atoms with Crippen LogP contribution in [0, 0.1) is 6.92 Å². The summed E-state index contributed by atoms with van der Waals surface area (Å²) in [4.78, 5) is 8.24. The van der Waals surface area contributed by atoms with Crippen molar-refractivity contribution in [1.29, 1.82) is 0 Å². The molecule has 0 radical (unpaired) electrons. The molecule has 0 unspecified atom stereocenters. The Bertz CT molecular complexity index is 503. The zero-order valence-corrected chi connectivity index (χ0v) is 9.92. The highest BCUT2D eigenvalue weighted by atomic mass is 35.5. The van der Waals surface area contributed by atoms with Crippen molar-refractivity contribution >= 4 is 23.2 Å². The van der Waals surface area contributed by atoms with Crippen molar-refractivity contribution in [3.05, 3.63) is 40.1 Å². The summed E-state index contributed by atoms with van der Waals surface area (Å²) >= 11 is 11.8. The lowest BCUT2D eigenvalue weighted by atomic mass is 10.2. The predicted octanol–water partition coefficient (Wildman–Crippen LogP) is 3.46. The number of halogens is 2. The van der Waals surface area contributed by atoms with E-state index >= 15 is 0 Å². The molecule has 82 valence electrons. The van der Waals surface area contributed by atoms with E-state index in [0.717, 1.165) is 5.56 Å². The minimum absolute atomic E-state index is 0.188. The Kier molecular flexibility index (Phi) is 2.99. The van der Waals surface area contributed by atoms with Crippen molar-refractivity contribution < 1.29 is 5.11 Å². The van der Waals surface area contributed by atoms with Crippen molar-refractivity contribution in [3.8, 4) is 17.1 Å². The number of rotatable bonds is 1. The van der Waals surface area contributed by atoms with Crippen molar-refractivity contribution in [2.75, 3.05) is 0 Å². The first-order valence-electron chi connectivity index (χ1n) is 4.57. The van der Waals surface area contributed by atoms with Gasteiger partial charge in [0, 0.05) is 11.1 Å². The maximum atomic E-state index is 9.16. The van der Waals surface area contributed by atoms with Crippen LogP contribution in [0.5, 0.6) is 5.75 Å². The van der Waals surface area contributed by atoms with Crippen LogP contribution in [0.4, 0.5) is 0 Å². The zero-order valence-electron chi connectivity index (χ0n) is 8.41. The molecule has 16 heavy (non-hydrogen) atoms. The molecule has 0 bridgehead atoms. The van der Waals surface area contributed by atoms with E-state index in [1.165, 1.54) is 0 Å². The average Bonchev–Trinajstić information content (AvgIpc) is 2.26. The molecule has 2 aromatic rings. The molecule has 0 saturated carbocycles. The first-order chi connectivity index (χ1) is 7.58. The van der Waals surface area contributed by atoms with Crippen molar-refractivity contribution in [2.24, 2.45) is 0 Å². The average molecular weight is 255 g/mol. The van der Waals surface area contributed by atoms with Crippen LogP contribution >= 0.6 is 23.2 Å². The highest BCUT2D eigenvalue weighted by molar-refractivity contribution is 6.34. The Morgan fingerprint density at radius 2 is 1.50 bits per heavy atom. The molecule has 5 heteroatoms. The van der Waals surface area contributed by atoms with Gasteiger partial charge in [0.2, 0.25) is 0 Å². The molecule has 1 aromatic carbocycles. The smallest absolute Gasteiger partial charge is 0.162 e. The lowest BCUT2D eigenvalue weighted by Gasteiger charge is -2.04. The fraction of sp³-hybridized carbons (Fsp3) is 0.0909. The molecule has 0 aliphatic carbocycles. The Hall–Kier alpha value is -1.32. The van der Waals surface area contributed by atoms with Gasteiger partial charge in [0.15, 0.2) is 5.82 Å². The quantitative estimate of drug-likeness (QED) is 0.793. The van der Waals surface area contributed by atoms with Gasteiger partial charge in [0.1, 0.15) is 16.1 Å². The summed E-state index contributed by atoms with van der Waals surface area (Å²) in [5, 5.41) is 9.84. The molecule has 0 aliphatic rings.